The summed E-state index contributed by atoms with van der Waals surface area (Å²) < 4.78 is 4.64. The zero-order valence-corrected chi connectivity index (χ0v) is 9.74. The Morgan fingerprint density at radius 3 is 2.93 bits per heavy atom. The third-order valence-electron chi connectivity index (χ3n) is 3.19. The molecule has 2 unspecified atom stereocenters. The molecule has 1 aliphatic rings. The highest BCUT2D eigenvalue weighted by atomic mass is 16.5. The molecular formula is C11H22N2O2. The van der Waals surface area contributed by atoms with Crippen molar-refractivity contribution < 1.29 is 9.53 Å². The Morgan fingerprint density at radius 2 is 2.33 bits per heavy atom. The van der Waals surface area contributed by atoms with Crippen LogP contribution in [0.3, 0.4) is 0 Å². The number of carbonyl (C=O) groups is 1. The lowest BCUT2D eigenvalue weighted by atomic mass is 9.96. The summed E-state index contributed by atoms with van der Waals surface area (Å²) in [4.78, 5) is 13.6. The Balaban J connectivity index is 2.43. The van der Waals surface area contributed by atoms with Crippen LogP contribution in [0.5, 0.6) is 0 Å². The maximum atomic E-state index is 11.2. The van der Waals surface area contributed by atoms with Crippen LogP contribution in [0.2, 0.25) is 0 Å². The number of hydrogen-bond acceptors (Lipinski definition) is 4. The van der Waals surface area contributed by atoms with E-state index >= 15 is 0 Å². The van der Waals surface area contributed by atoms with Crippen molar-refractivity contribution in [1.82, 2.24) is 4.90 Å². The average Bonchev–Trinajstić information content (AvgIpc) is 2.28. The van der Waals surface area contributed by atoms with E-state index in [1.807, 2.05) is 0 Å². The van der Waals surface area contributed by atoms with Gasteiger partial charge in [-0.25, -0.2) is 0 Å². The molecule has 0 amide bonds. The van der Waals surface area contributed by atoms with Crippen LogP contribution in [0.25, 0.3) is 0 Å². The van der Waals surface area contributed by atoms with E-state index in [1.165, 1.54) is 20.0 Å². The lowest BCUT2D eigenvalue weighted by Crippen LogP contribution is -2.45. The average molecular weight is 214 g/mol. The van der Waals surface area contributed by atoms with Crippen molar-refractivity contribution in [2.45, 2.75) is 44.7 Å². The van der Waals surface area contributed by atoms with Gasteiger partial charge in [-0.1, -0.05) is 13.3 Å². The SMILES string of the molecule is CCN1CCCCC1CC(N)C(=O)OC. The number of ether oxygens (including phenoxy) is 1. The summed E-state index contributed by atoms with van der Waals surface area (Å²) in [6, 6.07) is -0.00926. The summed E-state index contributed by atoms with van der Waals surface area (Å²) in [7, 11) is 1.39. The van der Waals surface area contributed by atoms with E-state index < -0.39 is 6.04 Å². The molecule has 0 saturated carbocycles. The minimum absolute atomic E-state index is 0.295. The molecule has 0 aromatic rings. The molecule has 0 aromatic carbocycles. The molecule has 1 saturated heterocycles. The van der Waals surface area contributed by atoms with Gasteiger partial charge in [-0.3, -0.25) is 4.79 Å². The number of methoxy groups -OCH3 is 1. The minimum atomic E-state index is -0.466. The molecule has 4 heteroatoms. The topological polar surface area (TPSA) is 55.6 Å². The molecule has 1 rings (SSSR count). The Kier molecular flexibility index (Phi) is 5.05. The van der Waals surface area contributed by atoms with Gasteiger partial charge in [0.25, 0.3) is 0 Å². The first kappa shape index (κ1) is 12.5. The van der Waals surface area contributed by atoms with E-state index in [4.69, 9.17) is 5.73 Å². The number of hydrogen-bond donors (Lipinski definition) is 1. The minimum Gasteiger partial charge on any atom is -0.468 e. The lowest BCUT2D eigenvalue weighted by Gasteiger charge is -2.35. The van der Waals surface area contributed by atoms with Crippen LogP contribution in [-0.2, 0) is 9.53 Å². The summed E-state index contributed by atoms with van der Waals surface area (Å²) >= 11 is 0. The molecule has 0 radical (unpaired) electrons. The van der Waals surface area contributed by atoms with Gasteiger partial charge >= 0.3 is 5.97 Å². The van der Waals surface area contributed by atoms with Gasteiger partial charge in [0.1, 0.15) is 6.04 Å². The predicted octanol–water partition coefficient (Wildman–Crippen LogP) is 0.751. The highest BCUT2D eigenvalue weighted by Gasteiger charge is 2.25. The molecule has 4 nitrogen and oxygen atoms in total. The van der Waals surface area contributed by atoms with Gasteiger partial charge in [-0.15, -0.1) is 0 Å². The molecule has 1 fully saturated rings. The summed E-state index contributed by atoms with van der Waals surface area (Å²) in [6.07, 6.45) is 4.38. The Hall–Kier alpha value is -0.610. The zero-order valence-electron chi connectivity index (χ0n) is 9.74. The molecule has 0 spiro atoms. The number of nitrogens with two attached hydrogens (primary N) is 1. The van der Waals surface area contributed by atoms with Gasteiger partial charge in [0.05, 0.1) is 7.11 Å². The van der Waals surface area contributed by atoms with Crippen molar-refractivity contribution in [3.8, 4) is 0 Å². The summed E-state index contributed by atoms with van der Waals surface area (Å²) in [5.41, 5.74) is 5.77. The van der Waals surface area contributed by atoms with Gasteiger partial charge in [0.2, 0.25) is 0 Å². The Bertz CT molecular complexity index is 209. The molecular weight excluding hydrogens is 192 g/mol. The third kappa shape index (κ3) is 3.47. The standard InChI is InChI=1S/C11H22N2O2/c1-3-13-7-5-4-6-9(13)8-10(12)11(14)15-2/h9-10H,3-8,12H2,1-2H3. The van der Waals surface area contributed by atoms with Crippen molar-refractivity contribution in [3.63, 3.8) is 0 Å². The second kappa shape index (κ2) is 6.08. The summed E-state index contributed by atoms with van der Waals surface area (Å²) in [6.45, 7) is 4.33. The molecule has 2 N–H and O–H groups in total. The van der Waals surface area contributed by atoms with Crippen molar-refractivity contribution in [1.29, 1.82) is 0 Å². The largest absolute Gasteiger partial charge is 0.468 e. The normalized spacial score (nSPS) is 24.9. The van der Waals surface area contributed by atoms with E-state index in [0.717, 1.165) is 25.9 Å². The molecule has 0 bridgehead atoms. The fourth-order valence-corrected chi connectivity index (χ4v) is 2.28. The zero-order chi connectivity index (χ0) is 11.3. The fraction of sp³-hybridized carbons (Fsp3) is 0.909. The van der Waals surface area contributed by atoms with Gasteiger partial charge in [0.15, 0.2) is 0 Å². The number of esters is 1. The van der Waals surface area contributed by atoms with Crippen molar-refractivity contribution in [3.05, 3.63) is 0 Å². The van der Waals surface area contributed by atoms with E-state index in [9.17, 15) is 4.79 Å². The number of carbonyl (C=O) groups excluding carboxylic acids is 1. The van der Waals surface area contributed by atoms with E-state index in [-0.39, 0.29) is 5.97 Å². The second-order valence-corrected chi connectivity index (χ2v) is 4.14. The van der Waals surface area contributed by atoms with Gasteiger partial charge < -0.3 is 15.4 Å². The van der Waals surface area contributed by atoms with E-state index in [1.54, 1.807) is 0 Å². The maximum Gasteiger partial charge on any atom is 0.322 e. The van der Waals surface area contributed by atoms with Crippen LogP contribution in [-0.4, -0.2) is 43.2 Å². The van der Waals surface area contributed by atoms with Crippen LogP contribution >= 0.6 is 0 Å². The first-order chi connectivity index (χ1) is 7.19. The number of likely N-dealkylation sites (tertiary alicyclic amines) is 1. The monoisotopic (exact) mass is 214 g/mol. The van der Waals surface area contributed by atoms with Gasteiger partial charge in [0, 0.05) is 6.04 Å². The molecule has 88 valence electrons. The van der Waals surface area contributed by atoms with Crippen LogP contribution in [0, 0.1) is 0 Å². The number of nitrogens with zero attached hydrogens (tertiary/aromatic N) is 1. The van der Waals surface area contributed by atoms with Crippen LogP contribution in [0.15, 0.2) is 0 Å². The first-order valence-electron chi connectivity index (χ1n) is 5.76. The molecule has 15 heavy (non-hydrogen) atoms. The third-order valence-corrected chi connectivity index (χ3v) is 3.19. The number of rotatable bonds is 4. The lowest BCUT2D eigenvalue weighted by molar-refractivity contribution is -0.142. The van der Waals surface area contributed by atoms with Crippen molar-refractivity contribution in [2.24, 2.45) is 5.73 Å². The molecule has 1 aliphatic heterocycles. The maximum absolute atomic E-state index is 11.2. The quantitative estimate of drug-likeness (QED) is 0.702. The van der Waals surface area contributed by atoms with Crippen LogP contribution in [0.4, 0.5) is 0 Å². The van der Waals surface area contributed by atoms with Crippen LogP contribution < -0.4 is 5.73 Å². The first-order valence-corrected chi connectivity index (χ1v) is 5.76. The number of piperidine rings is 1. The molecule has 1 heterocycles. The van der Waals surface area contributed by atoms with Crippen LogP contribution in [0.1, 0.15) is 32.6 Å². The van der Waals surface area contributed by atoms with E-state index in [2.05, 4.69) is 16.6 Å². The highest BCUT2D eigenvalue weighted by molar-refractivity contribution is 5.75. The summed E-state index contributed by atoms with van der Waals surface area (Å²) in [5.74, 6) is -0.295. The van der Waals surface area contributed by atoms with E-state index in [0.29, 0.717) is 6.04 Å². The fourth-order valence-electron chi connectivity index (χ4n) is 2.28. The molecule has 0 aliphatic carbocycles. The van der Waals surface area contributed by atoms with Crippen molar-refractivity contribution in [2.75, 3.05) is 20.2 Å². The molecule has 2 atom stereocenters. The Labute approximate surface area is 91.8 Å². The summed E-state index contributed by atoms with van der Waals surface area (Å²) in [5, 5.41) is 0. The van der Waals surface area contributed by atoms with Crippen molar-refractivity contribution >= 4 is 5.97 Å². The highest BCUT2D eigenvalue weighted by Crippen LogP contribution is 2.20. The second-order valence-electron chi connectivity index (χ2n) is 4.14. The van der Waals surface area contributed by atoms with Gasteiger partial charge in [-0.05, 0) is 32.4 Å². The molecule has 0 aromatic heterocycles. The van der Waals surface area contributed by atoms with Gasteiger partial charge in [-0.2, -0.15) is 0 Å². The smallest absolute Gasteiger partial charge is 0.322 e. The Morgan fingerprint density at radius 1 is 1.60 bits per heavy atom. The predicted molar refractivity (Wildman–Crippen MR) is 59.5 cm³/mol.